The molecule has 0 amide bonds. The van der Waals surface area contributed by atoms with Gasteiger partial charge in [-0.15, -0.1) is 0 Å². The quantitative estimate of drug-likeness (QED) is 0.379. The molecule has 23 heavy (non-hydrogen) atoms. The molecule has 3 N–H and O–H groups in total. The lowest BCUT2D eigenvalue weighted by Gasteiger charge is -2.14. The normalized spacial score (nSPS) is 23.0. The van der Waals surface area contributed by atoms with Crippen molar-refractivity contribution in [2.24, 2.45) is 0 Å². The number of hydrogen-bond acceptors (Lipinski definition) is 4. The van der Waals surface area contributed by atoms with E-state index in [1.807, 2.05) is 6.08 Å². The summed E-state index contributed by atoms with van der Waals surface area (Å²) in [4.78, 5) is 10.6. The summed E-state index contributed by atoms with van der Waals surface area (Å²) in [5.74, 6) is -0.834. The van der Waals surface area contributed by atoms with Gasteiger partial charge in [-0.2, -0.15) is 0 Å². The van der Waals surface area contributed by atoms with Crippen molar-refractivity contribution >= 4 is 5.97 Å². The number of aliphatic hydroxyl groups is 2. The molecule has 0 aliphatic carbocycles. The second kappa shape index (κ2) is 12.3. The molecule has 0 radical (unpaired) electrons. The molecule has 0 aromatic heterocycles. The van der Waals surface area contributed by atoms with E-state index in [9.17, 15) is 9.90 Å². The second-order valence-electron chi connectivity index (χ2n) is 6.07. The van der Waals surface area contributed by atoms with Crippen LogP contribution in [0.2, 0.25) is 0 Å². The number of carbonyl (C=O) groups is 1. The Bertz CT molecular complexity index is 378. The number of hydrogen-bond donors (Lipinski definition) is 3. The lowest BCUT2D eigenvalue weighted by molar-refractivity contribution is -0.140. The zero-order valence-corrected chi connectivity index (χ0v) is 13.8. The molecular weight excluding hydrogens is 296 g/mol. The smallest absolute Gasteiger partial charge is 0.305 e. The van der Waals surface area contributed by atoms with Crippen molar-refractivity contribution < 1.29 is 24.9 Å². The topological polar surface area (TPSA) is 87.0 Å². The number of ether oxygens (including phenoxy) is 1. The van der Waals surface area contributed by atoms with Crippen LogP contribution in [0.4, 0.5) is 0 Å². The third-order valence-electron chi connectivity index (χ3n) is 3.93. The molecule has 3 atom stereocenters. The molecule has 1 aliphatic heterocycles. The third kappa shape index (κ3) is 10.3. The molecule has 0 aromatic rings. The Morgan fingerprint density at radius 2 is 1.91 bits per heavy atom. The zero-order chi connectivity index (χ0) is 16.9. The molecule has 5 heteroatoms. The van der Waals surface area contributed by atoms with E-state index in [4.69, 9.17) is 14.9 Å². The van der Waals surface area contributed by atoms with Gasteiger partial charge in [0, 0.05) is 13.0 Å². The first kappa shape index (κ1) is 19.9. The first-order chi connectivity index (χ1) is 11.1. The van der Waals surface area contributed by atoms with E-state index in [0.29, 0.717) is 6.42 Å². The molecule has 1 saturated heterocycles. The number of aliphatic carboxylic acids is 1. The molecule has 0 spiro atoms. The van der Waals surface area contributed by atoms with Gasteiger partial charge < -0.3 is 20.1 Å². The van der Waals surface area contributed by atoms with Crippen LogP contribution in [0.5, 0.6) is 0 Å². The van der Waals surface area contributed by atoms with E-state index in [0.717, 1.165) is 44.9 Å². The summed E-state index contributed by atoms with van der Waals surface area (Å²) in [5.41, 5.74) is 0. The molecule has 1 rings (SSSR count). The summed E-state index contributed by atoms with van der Waals surface area (Å²) in [5, 5.41) is 27.3. The third-order valence-corrected chi connectivity index (χ3v) is 3.93. The van der Waals surface area contributed by atoms with Crippen LogP contribution >= 0.6 is 0 Å². The molecule has 3 unspecified atom stereocenters. The van der Waals surface area contributed by atoms with Crippen LogP contribution in [0, 0.1) is 0 Å². The summed E-state index contributed by atoms with van der Waals surface area (Å²) in [6.07, 6.45) is 14.1. The predicted molar refractivity (Wildman–Crippen MR) is 89.2 cm³/mol. The van der Waals surface area contributed by atoms with E-state index >= 15 is 0 Å². The number of allylic oxidation sites excluding steroid dienone is 3. The molecule has 132 valence electrons. The van der Waals surface area contributed by atoms with Gasteiger partial charge in [0.1, 0.15) is 0 Å². The maximum Gasteiger partial charge on any atom is 0.305 e. The van der Waals surface area contributed by atoms with Gasteiger partial charge in [-0.05, 0) is 38.5 Å². The van der Waals surface area contributed by atoms with Gasteiger partial charge in [-0.1, -0.05) is 30.7 Å². The van der Waals surface area contributed by atoms with Crippen molar-refractivity contribution in [1.82, 2.24) is 0 Å². The standard InChI is InChI=1S/C18H30O5/c19-12-8-6-4-2-1-3-5-7-9-15(20)13-16-10-11-17(23-16)14-18(21)22/h1,3,7,9,15-17,19-20H,2,4-6,8,10-14H2,(H,21,22)/b3-1-,9-7-. The highest BCUT2D eigenvalue weighted by Gasteiger charge is 2.27. The maximum absolute atomic E-state index is 10.6. The Labute approximate surface area is 138 Å². The Morgan fingerprint density at radius 1 is 1.13 bits per heavy atom. The molecule has 5 nitrogen and oxygen atoms in total. The summed E-state index contributed by atoms with van der Waals surface area (Å²) in [7, 11) is 0. The molecule has 1 fully saturated rings. The minimum absolute atomic E-state index is 0.0407. The largest absolute Gasteiger partial charge is 0.481 e. The van der Waals surface area contributed by atoms with Crippen molar-refractivity contribution in [2.75, 3.05) is 6.61 Å². The number of carboxylic acids is 1. The second-order valence-corrected chi connectivity index (χ2v) is 6.07. The SMILES string of the molecule is O=C(O)CC1CCC(CC(O)/C=C\C/C=C\CCCCCO)O1. The van der Waals surface area contributed by atoms with Crippen molar-refractivity contribution in [2.45, 2.75) is 76.1 Å². The van der Waals surface area contributed by atoms with E-state index in [1.54, 1.807) is 6.08 Å². The van der Waals surface area contributed by atoms with Gasteiger partial charge in [0.05, 0.1) is 24.7 Å². The average molecular weight is 326 g/mol. The van der Waals surface area contributed by atoms with E-state index in [2.05, 4.69) is 12.2 Å². The highest BCUT2D eigenvalue weighted by Crippen LogP contribution is 2.25. The molecular formula is C18H30O5. The number of carboxylic acid groups (broad SMARTS) is 1. The lowest BCUT2D eigenvalue weighted by Crippen LogP contribution is -2.18. The highest BCUT2D eigenvalue weighted by molar-refractivity contribution is 5.67. The van der Waals surface area contributed by atoms with Gasteiger partial charge in [0.15, 0.2) is 0 Å². The average Bonchev–Trinajstić information content (AvgIpc) is 2.91. The summed E-state index contributed by atoms with van der Waals surface area (Å²) >= 11 is 0. The van der Waals surface area contributed by atoms with E-state index in [-0.39, 0.29) is 25.2 Å². The summed E-state index contributed by atoms with van der Waals surface area (Å²) in [6.45, 7) is 0.270. The Kier molecular flexibility index (Phi) is 10.6. The molecule has 1 aliphatic rings. The van der Waals surface area contributed by atoms with Gasteiger partial charge in [0.2, 0.25) is 0 Å². The highest BCUT2D eigenvalue weighted by atomic mass is 16.5. The molecule has 1 heterocycles. The fourth-order valence-electron chi connectivity index (χ4n) is 2.73. The Hall–Kier alpha value is -1.17. The van der Waals surface area contributed by atoms with Crippen molar-refractivity contribution in [3.05, 3.63) is 24.3 Å². The number of unbranched alkanes of at least 4 members (excludes halogenated alkanes) is 3. The van der Waals surface area contributed by atoms with Crippen LogP contribution in [0.15, 0.2) is 24.3 Å². The summed E-state index contributed by atoms with van der Waals surface area (Å²) < 4.78 is 5.63. The van der Waals surface area contributed by atoms with Crippen LogP contribution in [-0.4, -0.2) is 46.2 Å². The monoisotopic (exact) mass is 326 g/mol. The van der Waals surface area contributed by atoms with E-state index < -0.39 is 12.1 Å². The maximum atomic E-state index is 10.6. The van der Waals surface area contributed by atoms with Crippen molar-refractivity contribution in [3.63, 3.8) is 0 Å². The molecule has 0 aromatic carbocycles. The fourth-order valence-corrected chi connectivity index (χ4v) is 2.73. The van der Waals surface area contributed by atoms with Crippen LogP contribution in [0.1, 0.15) is 57.8 Å². The van der Waals surface area contributed by atoms with Crippen LogP contribution < -0.4 is 0 Å². The van der Waals surface area contributed by atoms with Crippen molar-refractivity contribution in [3.8, 4) is 0 Å². The van der Waals surface area contributed by atoms with Crippen LogP contribution in [-0.2, 0) is 9.53 Å². The minimum Gasteiger partial charge on any atom is -0.481 e. The van der Waals surface area contributed by atoms with E-state index in [1.165, 1.54) is 0 Å². The van der Waals surface area contributed by atoms with Gasteiger partial charge in [-0.3, -0.25) is 4.79 Å². The van der Waals surface area contributed by atoms with Gasteiger partial charge in [-0.25, -0.2) is 0 Å². The molecule has 0 saturated carbocycles. The van der Waals surface area contributed by atoms with Gasteiger partial charge in [0.25, 0.3) is 0 Å². The Balaban J connectivity index is 2.08. The zero-order valence-electron chi connectivity index (χ0n) is 13.8. The van der Waals surface area contributed by atoms with Crippen LogP contribution in [0.25, 0.3) is 0 Å². The predicted octanol–water partition coefficient (Wildman–Crippen LogP) is 2.81. The first-order valence-corrected chi connectivity index (χ1v) is 8.59. The fraction of sp³-hybridized carbons (Fsp3) is 0.722. The summed E-state index contributed by atoms with van der Waals surface area (Å²) in [6, 6.07) is 0. The van der Waals surface area contributed by atoms with Gasteiger partial charge >= 0.3 is 5.97 Å². The number of rotatable bonds is 12. The minimum atomic E-state index is -0.834. The molecule has 0 bridgehead atoms. The first-order valence-electron chi connectivity index (χ1n) is 8.59. The van der Waals surface area contributed by atoms with Crippen LogP contribution in [0.3, 0.4) is 0 Å². The number of aliphatic hydroxyl groups excluding tert-OH is 2. The lowest BCUT2D eigenvalue weighted by atomic mass is 10.1. The Morgan fingerprint density at radius 3 is 2.65 bits per heavy atom. The van der Waals surface area contributed by atoms with Crippen molar-refractivity contribution in [1.29, 1.82) is 0 Å².